The van der Waals surface area contributed by atoms with Crippen LogP contribution in [0.1, 0.15) is 0 Å². The summed E-state index contributed by atoms with van der Waals surface area (Å²) in [6.07, 6.45) is 3.03. The number of carboxylic acids is 1. The summed E-state index contributed by atoms with van der Waals surface area (Å²) in [5.74, 6) is -1.24. The number of aliphatic carboxylic acids is 1. The van der Waals surface area contributed by atoms with Gasteiger partial charge in [0.1, 0.15) is 6.54 Å². The summed E-state index contributed by atoms with van der Waals surface area (Å²) in [5, 5.41) is 9.68. The standard InChI is InChI=1S/C11H10N2O4S/c14-11(15)7-13-18(16,17)10-3-1-2-8-6-12-5-4-9(8)10/h1-6,13H,7H2,(H,14,15). The number of carboxylic acid groups (broad SMARTS) is 1. The van der Waals surface area contributed by atoms with Gasteiger partial charge in [-0.1, -0.05) is 12.1 Å². The molecule has 0 fully saturated rings. The molecule has 0 aliphatic carbocycles. The van der Waals surface area contributed by atoms with Crippen molar-refractivity contribution < 1.29 is 18.3 Å². The highest BCUT2D eigenvalue weighted by molar-refractivity contribution is 7.89. The van der Waals surface area contributed by atoms with E-state index < -0.39 is 22.5 Å². The van der Waals surface area contributed by atoms with E-state index in [1.54, 1.807) is 24.4 Å². The van der Waals surface area contributed by atoms with Gasteiger partial charge in [-0.3, -0.25) is 9.78 Å². The van der Waals surface area contributed by atoms with Crippen molar-refractivity contribution in [2.24, 2.45) is 0 Å². The van der Waals surface area contributed by atoms with Crippen LogP contribution in [0.3, 0.4) is 0 Å². The van der Waals surface area contributed by atoms with Gasteiger partial charge in [0, 0.05) is 23.2 Å². The molecule has 2 rings (SSSR count). The lowest BCUT2D eigenvalue weighted by Crippen LogP contribution is -2.29. The fourth-order valence-electron chi connectivity index (χ4n) is 1.56. The molecule has 1 aromatic heterocycles. The SMILES string of the molecule is O=C(O)CNS(=O)(=O)c1cccc2cnccc12. The molecule has 0 bridgehead atoms. The Morgan fingerprint density at radius 3 is 2.83 bits per heavy atom. The highest BCUT2D eigenvalue weighted by Gasteiger charge is 2.17. The van der Waals surface area contributed by atoms with Crippen LogP contribution in [0, 0.1) is 0 Å². The summed E-state index contributed by atoms with van der Waals surface area (Å²) in [5.41, 5.74) is 0. The Labute approximate surface area is 103 Å². The molecule has 18 heavy (non-hydrogen) atoms. The summed E-state index contributed by atoms with van der Waals surface area (Å²) in [6, 6.07) is 6.31. The van der Waals surface area contributed by atoms with Crippen LogP contribution in [-0.4, -0.2) is 31.0 Å². The number of carbonyl (C=O) groups is 1. The van der Waals surface area contributed by atoms with Gasteiger partial charge < -0.3 is 5.11 Å². The number of fused-ring (bicyclic) bond motifs is 1. The van der Waals surface area contributed by atoms with Gasteiger partial charge >= 0.3 is 5.97 Å². The molecule has 7 heteroatoms. The summed E-state index contributed by atoms with van der Waals surface area (Å²) < 4.78 is 25.9. The minimum Gasteiger partial charge on any atom is -0.480 e. The van der Waals surface area contributed by atoms with E-state index in [4.69, 9.17) is 5.11 Å². The quantitative estimate of drug-likeness (QED) is 0.844. The third kappa shape index (κ3) is 2.47. The van der Waals surface area contributed by atoms with Gasteiger partial charge in [0.2, 0.25) is 10.0 Å². The molecule has 0 unspecified atom stereocenters. The number of nitrogens with zero attached hydrogens (tertiary/aromatic N) is 1. The highest BCUT2D eigenvalue weighted by atomic mass is 32.2. The number of aromatic nitrogens is 1. The van der Waals surface area contributed by atoms with Crippen LogP contribution in [0.15, 0.2) is 41.6 Å². The topological polar surface area (TPSA) is 96.4 Å². The summed E-state index contributed by atoms with van der Waals surface area (Å²) >= 11 is 0. The second-order valence-electron chi connectivity index (χ2n) is 3.57. The number of pyridine rings is 1. The van der Waals surface area contributed by atoms with Gasteiger partial charge in [-0.2, -0.15) is 4.72 Å². The van der Waals surface area contributed by atoms with Crippen molar-refractivity contribution in [3.05, 3.63) is 36.7 Å². The maximum Gasteiger partial charge on any atom is 0.318 e. The Balaban J connectivity index is 2.50. The van der Waals surface area contributed by atoms with Crippen LogP contribution in [0.4, 0.5) is 0 Å². The van der Waals surface area contributed by atoms with Crippen molar-refractivity contribution in [3.8, 4) is 0 Å². The average Bonchev–Trinajstić information content (AvgIpc) is 2.36. The predicted octanol–water partition coefficient (Wildman–Crippen LogP) is 0.598. The van der Waals surface area contributed by atoms with Crippen molar-refractivity contribution in [1.29, 1.82) is 0 Å². The van der Waals surface area contributed by atoms with Crippen molar-refractivity contribution in [2.45, 2.75) is 4.90 Å². The first-order chi connectivity index (χ1) is 8.50. The second-order valence-corrected chi connectivity index (χ2v) is 5.31. The van der Waals surface area contributed by atoms with E-state index in [1.807, 2.05) is 4.72 Å². The molecular weight excluding hydrogens is 256 g/mol. The number of hydrogen-bond donors (Lipinski definition) is 2. The molecule has 0 aliphatic heterocycles. The van der Waals surface area contributed by atoms with Crippen LogP contribution < -0.4 is 4.72 Å². The molecule has 1 aromatic carbocycles. The zero-order valence-corrected chi connectivity index (χ0v) is 10.0. The van der Waals surface area contributed by atoms with Gasteiger partial charge in [-0.05, 0) is 12.1 Å². The third-order valence-corrected chi connectivity index (χ3v) is 3.80. The van der Waals surface area contributed by atoms with E-state index in [0.29, 0.717) is 10.8 Å². The lowest BCUT2D eigenvalue weighted by atomic mass is 10.2. The highest BCUT2D eigenvalue weighted by Crippen LogP contribution is 2.21. The molecule has 0 atom stereocenters. The summed E-state index contributed by atoms with van der Waals surface area (Å²) in [6.45, 7) is -0.649. The molecule has 0 aliphatic rings. The Morgan fingerprint density at radius 2 is 2.11 bits per heavy atom. The molecule has 0 saturated heterocycles. The molecule has 0 radical (unpaired) electrons. The first-order valence-corrected chi connectivity index (χ1v) is 6.53. The number of benzene rings is 1. The van der Waals surface area contributed by atoms with Crippen LogP contribution in [0.2, 0.25) is 0 Å². The Bertz CT molecular complexity index is 692. The summed E-state index contributed by atoms with van der Waals surface area (Å²) in [7, 11) is -3.84. The van der Waals surface area contributed by atoms with Gasteiger partial charge in [-0.25, -0.2) is 8.42 Å². The Kier molecular flexibility index (Phi) is 3.26. The molecule has 0 spiro atoms. The van der Waals surface area contributed by atoms with Crippen molar-refractivity contribution in [3.63, 3.8) is 0 Å². The smallest absolute Gasteiger partial charge is 0.318 e. The first kappa shape index (κ1) is 12.5. The average molecular weight is 266 g/mol. The molecule has 1 heterocycles. The van der Waals surface area contributed by atoms with Gasteiger partial charge in [0.25, 0.3) is 0 Å². The number of hydrogen-bond acceptors (Lipinski definition) is 4. The largest absolute Gasteiger partial charge is 0.480 e. The number of rotatable bonds is 4. The maximum absolute atomic E-state index is 12.0. The summed E-state index contributed by atoms with van der Waals surface area (Å²) in [4.78, 5) is 14.3. The molecule has 0 amide bonds. The van der Waals surface area contributed by atoms with Crippen LogP contribution in [-0.2, 0) is 14.8 Å². The van der Waals surface area contributed by atoms with E-state index in [2.05, 4.69) is 4.98 Å². The minimum atomic E-state index is -3.84. The van der Waals surface area contributed by atoms with Gasteiger partial charge in [0.05, 0.1) is 4.90 Å². The first-order valence-electron chi connectivity index (χ1n) is 5.05. The molecule has 2 aromatic rings. The molecule has 2 N–H and O–H groups in total. The molecule has 94 valence electrons. The fraction of sp³-hybridized carbons (Fsp3) is 0.0909. The van der Waals surface area contributed by atoms with E-state index >= 15 is 0 Å². The van der Waals surface area contributed by atoms with Gasteiger partial charge in [0.15, 0.2) is 0 Å². The molecule has 0 saturated carbocycles. The van der Waals surface area contributed by atoms with E-state index in [9.17, 15) is 13.2 Å². The lowest BCUT2D eigenvalue weighted by Gasteiger charge is -2.07. The van der Waals surface area contributed by atoms with Crippen LogP contribution in [0.25, 0.3) is 10.8 Å². The van der Waals surface area contributed by atoms with Crippen molar-refractivity contribution in [2.75, 3.05) is 6.54 Å². The van der Waals surface area contributed by atoms with E-state index in [-0.39, 0.29) is 4.90 Å². The fourth-order valence-corrected chi connectivity index (χ4v) is 2.76. The number of nitrogens with one attached hydrogen (secondary N) is 1. The monoisotopic (exact) mass is 266 g/mol. The van der Waals surface area contributed by atoms with Crippen molar-refractivity contribution in [1.82, 2.24) is 9.71 Å². The van der Waals surface area contributed by atoms with E-state index in [0.717, 1.165) is 0 Å². The van der Waals surface area contributed by atoms with E-state index in [1.165, 1.54) is 12.3 Å². The van der Waals surface area contributed by atoms with Crippen molar-refractivity contribution >= 4 is 26.8 Å². The second kappa shape index (κ2) is 4.71. The molecule has 6 nitrogen and oxygen atoms in total. The zero-order valence-electron chi connectivity index (χ0n) is 9.20. The lowest BCUT2D eigenvalue weighted by molar-refractivity contribution is -0.135. The maximum atomic E-state index is 12.0. The molecular formula is C11H10N2O4S. The Morgan fingerprint density at radius 1 is 1.33 bits per heavy atom. The van der Waals surface area contributed by atoms with Gasteiger partial charge in [-0.15, -0.1) is 0 Å². The Hall–Kier alpha value is -1.99. The predicted molar refractivity (Wildman–Crippen MR) is 64.6 cm³/mol. The zero-order chi connectivity index (χ0) is 13.2. The minimum absolute atomic E-state index is 0.0450. The normalized spacial score (nSPS) is 11.6. The van der Waals surface area contributed by atoms with Crippen LogP contribution >= 0.6 is 0 Å². The number of sulfonamides is 1. The van der Waals surface area contributed by atoms with Crippen LogP contribution in [0.5, 0.6) is 0 Å². The third-order valence-electron chi connectivity index (χ3n) is 2.34.